The number of carbonyl (C=O) groups is 2. The van der Waals surface area contributed by atoms with E-state index in [2.05, 4.69) is 58.9 Å². The fourth-order valence-electron chi connectivity index (χ4n) is 2.71. The van der Waals surface area contributed by atoms with Crippen LogP contribution in [0.1, 0.15) is 39.0 Å². The molecule has 0 aliphatic rings. The van der Waals surface area contributed by atoms with Crippen LogP contribution in [0.4, 0.5) is 0 Å². The predicted molar refractivity (Wildman–Crippen MR) is 120 cm³/mol. The maximum Gasteiger partial charge on any atom is 0.307 e. The molecule has 2 rings (SSSR count). The summed E-state index contributed by atoms with van der Waals surface area (Å²) in [6.45, 7) is 6.77. The molecule has 1 aromatic heterocycles. The van der Waals surface area contributed by atoms with Crippen molar-refractivity contribution in [3.63, 3.8) is 0 Å². The molecule has 0 saturated heterocycles. The fraction of sp³-hybridized carbons (Fsp3) is 0.429. The molecule has 7 heteroatoms. The van der Waals surface area contributed by atoms with Crippen molar-refractivity contribution in [2.45, 2.75) is 38.5 Å². The van der Waals surface area contributed by atoms with E-state index in [0.717, 1.165) is 12.2 Å². The number of methoxy groups -OCH3 is 1. The molecule has 1 atom stereocenters. The molecular formula is C21H26BrNO3S2. The minimum atomic E-state index is -0.324. The Kier molecular flexibility index (Phi) is 9.05. The second-order valence-electron chi connectivity index (χ2n) is 6.84. The number of thiophene rings is 1. The van der Waals surface area contributed by atoms with E-state index in [9.17, 15) is 9.59 Å². The first-order valence-corrected chi connectivity index (χ1v) is 11.7. The van der Waals surface area contributed by atoms with Crippen molar-refractivity contribution in [2.24, 2.45) is 5.92 Å². The highest BCUT2D eigenvalue weighted by Crippen LogP contribution is 2.30. The molecule has 0 fully saturated rings. The van der Waals surface area contributed by atoms with E-state index in [1.807, 2.05) is 23.9 Å². The summed E-state index contributed by atoms with van der Waals surface area (Å²) in [5.74, 6) is 1.07. The van der Waals surface area contributed by atoms with Crippen LogP contribution in [-0.4, -0.2) is 31.3 Å². The van der Waals surface area contributed by atoms with Crippen molar-refractivity contribution in [2.75, 3.05) is 19.4 Å². The number of ether oxygens (including phenoxy) is 1. The number of hydrogen-bond acceptors (Lipinski definition) is 5. The van der Waals surface area contributed by atoms with Gasteiger partial charge in [0.1, 0.15) is 0 Å². The van der Waals surface area contributed by atoms with Gasteiger partial charge >= 0.3 is 5.97 Å². The molecule has 2 aromatic rings. The molecule has 0 bridgehead atoms. The molecule has 4 nitrogen and oxygen atoms in total. The molecular weight excluding hydrogens is 458 g/mol. The van der Waals surface area contributed by atoms with Crippen molar-refractivity contribution in [3.05, 3.63) is 49.6 Å². The highest BCUT2D eigenvalue weighted by Gasteiger charge is 2.13. The highest BCUT2D eigenvalue weighted by molar-refractivity contribution is 9.10. The first-order valence-electron chi connectivity index (χ1n) is 9.13. The molecule has 1 heterocycles. The smallest absolute Gasteiger partial charge is 0.307 e. The van der Waals surface area contributed by atoms with E-state index in [1.165, 1.54) is 43.8 Å². The molecule has 0 saturated carbocycles. The van der Waals surface area contributed by atoms with Gasteiger partial charge in [0.25, 0.3) is 5.91 Å². The van der Waals surface area contributed by atoms with Gasteiger partial charge in [-0.15, -0.1) is 23.1 Å². The van der Waals surface area contributed by atoms with Crippen LogP contribution in [0.3, 0.4) is 0 Å². The van der Waals surface area contributed by atoms with Gasteiger partial charge in [0.2, 0.25) is 0 Å². The molecule has 28 heavy (non-hydrogen) atoms. The Morgan fingerprint density at radius 3 is 2.57 bits per heavy atom. The van der Waals surface area contributed by atoms with E-state index >= 15 is 0 Å². The van der Waals surface area contributed by atoms with Crippen LogP contribution in [0.2, 0.25) is 0 Å². The second kappa shape index (κ2) is 11.0. The number of thioether (sulfide) groups is 1. The Morgan fingerprint density at radius 2 is 1.93 bits per heavy atom. The first kappa shape index (κ1) is 23.0. The van der Waals surface area contributed by atoms with Gasteiger partial charge in [0.15, 0.2) is 0 Å². The summed E-state index contributed by atoms with van der Waals surface area (Å²) in [4.78, 5) is 26.4. The highest BCUT2D eigenvalue weighted by atomic mass is 79.9. The van der Waals surface area contributed by atoms with Crippen LogP contribution >= 0.6 is 39.0 Å². The number of amides is 1. The van der Waals surface area contributed by atoms with Gasteiger partial charge in [-0.2, -0.15) is 0 Å². The topological polar surface area (TPSA) is 55.4 Å². The minimum absolute atomic E-state index is 0.136. The Hall–Kier alpha value is -1.31. The molecule has 1 unspecified atom stereocenters. The van der Waals surface area contributed by atoms with Crippen LogP contribution in [0.15, 0.2) is 33.6 Å². The lowest BCUT2D eigenvalue weighted by Crippen LogP contribution is -2.25. The van der Waals surface area contributed by atoms with Crippen molar-refractivity contribution >= 4 is 50.9 Å². The number of carbonyl (C=O) groups excluding carboxylic acids is 2. The molecule has 0 spiro atoms. The maximum absolute atomic E-state index is 12.2. The van der Waals surface area contributed by atoms with Crippen molar-refractivity contribution in [1.29, 1.82) is 0 Å². The molecule has 1 N–H and O–H groups in total. The van der Waals surface area contributed by atoms with Crippen LogP contribution in [0.25, 0.3) is 0 Å². The number of benzene rings is 1. The average molecular weight is 484 g/mol. The zero-order valence-corrected chi connectivity index (χ0v) is 19.9. The van der Waals surface area contributed by atoms with Crippen molar-refractivity contribution in [3.8, 4) is 0 Å². The normalized spacial score (nSPS) is 11.9. The third-order valence-electron chi connectivity index (χ3n) is 4.22. The summed E-state index contributed by atoms with van der Waals surface area (Å²) in [6.07, 6.45) is 1.13. The summed E-state index contributed by atoms with van der Waals surface area (Å²) in [6, 6.07) is 8.32. The van der Waals surface area contributed by atoms with E-state index in [0.29, 0.717) is 10.8 Å². The van der Waals surface area contributed by atoms with Gasteiger partial charge in [0, 0.05) is 26.5 Å². The van der Waals surface area contributed by atoms with Gasteiger partial charge in [-0.3, -0.25) is 9.59 Å². The van der Waals surface area contributed by atoms with Crippen LogP contribution < -0.4 is 5.32 Å². The third kappa shape index (κ3) is 6.94. The minimum Gasteiger partial charge on any atom is -0.469 e. The van der Waals surface area contributed by atoms with Gasteiger partial charge < -0.3 is 10.1 Å². The number of hydrogen-bond donors (Lipinski definition) is 1. The average Bonchev–Trinajstić information content (AvgIpc) is 3.12. The number of esters is 1. The summed E-state index contributed by atoms with van der Waals surface area (Å²) in [5, 5.41) is 2.76. The van der Waals surface area contributed by atoms with Crippen molar-refractivity contribution in [1.82, 2.24) is 5.32 Å². The SMILES string of the molecule is COC(=O)CCNC(=O)c1ccc(CC(C)CSc2cc(C)c(Br)c(C)c2)s1. The summed E-state index contributed by atoms with van der Waals surface area (Å²) < 4.78 is 5.75. The molecule has 1 aromatic carbocycles. The summed E-state index contributed by atoms with van der Waals surface area (Å²) in [5.41, 5.74) is 2.52. The lowest BCUT2D eigenvalue weighted by Gasteiger charge is -2.12. The third-order valence-corrected chi connectivity index (χ3v) is 7.88. The Morgan fingerprint density at radius 1 is 1.25 bits per heavy atom. The molecule has 152 valence electrons. The zero-order valence-electron chi connectivity index (χ0n) is 16.6. The monoisotopic (exact) mass is 483 g/mol. The summed E-state index contributed by atoms with van der Waals surface area (Å²) >= 11 is 7.01. The maximum atomic E-state index is 12.2. The molecule has 0 radical (unpaired) electrons. The Labute approximate surface area is 183 Å². The Bertz CT molecular complexity index is 812. The molecule has 0 aliphatic heterocycles. The zero-order chi connectivity index (χ0) is 20.7. The van der Waals surface area contributed by atoms with Crippen molar-refractivity contribution < 1.29 is 14.3 Å². The van der Waals surface area contributed by atoms with E-state index in [-0.39, 0.29) is 24.8 Å². The van der Waals surface area contributed by atoms with Crippen LogP contribution in [0, 0.1) is 19.8 Å². The van der Waals surface area contributed by atoms with Crippen LogP contribution in [-0.2, 0) is 16.0 Å². The van der Waals surface area contributed by atoms with E-state index in [4.69, 9.17) is 0 Å². The van der Waals surface area contributed by atoms with Gasteiger partial charge in [0.05, 0.1) is 18.4 Å². The van der Waals surface area contributed by atoms with Gasteiger partial charge in [-0.1, -0.05) is 22.9 Å². The lowest BCUT2D eigenvalue weighted by molar-refractivity contribution is -0.140. The quantitative estimate of drug-likeness (QED) is 0.383. The fourth-order valence-corrected chi connectivity index (χ4v) is 5.14. The number of aryl methyl sites for hydroxylation is 2. The number of halogens is 1. The summed E-state index contributed by atoms with van der Waals surface area (Å²) in [7, 11) is 1.34. The Balaban J connectivity index is 1.82. The number of rotatable bonds is 9. The van der Waals surface area contributed by atoms with Crippen LogP contribution in [0.5, 0.6) is 0 Å². The standard InChI is InChI=1S/C21H26BrNO3S2/c1-13(12-27-17-10-14(2)20(22)15(3)11-17)9-16-5-6-18(28-16)21(25)23-8-7-19(24)26-4/h5-6,10-11,13H,7-9,12H2,1-4H3,(H,23,25). The van der Waals surface area contributed by atoms with Gasteiger partial charge in [-0.05, 0) is 61.6 Å². The lowest BCUT2D eigenvalue weighted by atomic mass is 10.1. The predicted octanol–water partition coefficient (Wildman–Crippen LogP) is 5.39. The second-order valence-corrected chi connectivity index (χ2v) is 9.89. The first-order chi connectivity index (χ1) is 13.3. The molecule has 1 amide bonds. The largest absolute Gasteiger partial charge is 0.469 e. The van der Waals surface area contributed by atoms with E-state index < -0.39 is 0 Å². The molecule has 0 aliphatic carbocycles. The number of nitrogens with one attached hydrogen (secondary N) is 1. The van der Waals surface area contributed by atoms with Gasteiger partial charge in [-0.25, -0.2) is 0 Å². The van der Waals surface area contributed by atoms with E-state index in [1.54, 1.807) is 0 Å².